The minimum Gasteiger partial charge on any atom is -0.408 e. The molecular formula is C12H16N4O3. The molecule has 19 heavy (non-hydrogen) atoms. The average molecular weight is 264 g/mol. The van der Waals surface area contributed by atoms with E-state index < -0.39 is 11.8 Å². The van der Waals surface area contributed by atoms with Gasteiger partial charge in [-0.05, 0) is 17.7 Å². The highest BCUT2D eigenvalue weighted by molar-refractivity contribution is 5.74. The quantitative estimate of drug-likeness (QED) is 0.369. The van der Waals surface area contributed by atoms with Crippen LogP contribution in [0.2, 0.25) is 0 Å². The van der Waals surface area contributed by atoms with Crippen LogP contribution < -0.4 is 22.3 Å². The van der Waals surface area contributed by atoms with Crippen molar-refractivity contribution in [2.75, 3.05) is 6.54 Å². The highest BCUT2D eigenvalue weighted by Gasteiger charge is 2.22. The predicted octanol–water partition coefficient (Wildman–Crippen LogP) is 0.572. The van der Waals surface area contributed by atoms with E-state index in [2.05, 4.69) is 10.3 Å². The van der Waals surface area contributed by atoms with Crippen LogP contribution in [-0.2, 0) is 5.41 Å². The number of aromatic nitrogens is 1. The van der Waals surface area contributed by atoms with E-state index >= 15 is 0 Å². The van der Waals surface area contributed by atoms with Gasteiger partial charge in [0, 0.05) is 12.0 Å². The summed E-state index contributed by atoms with van der Waals surface area (Å²) in [6.45, 7) is 4.33. The summed E-state index contributed by atoms with van der Waals surface area (Å²) in [5, 5.41) is 2.65. The predicted molar refractivity (Wildman–Crippen MR) is 70.6 cm³/mol. The molecule has 0 aliphatic rings. The van der Waals surface area contributed by atoms with Gasteiger partial charge < -0.3 is 9.73 Å². The van der Waals surface area contributed by atoms with Crippen LogP contribution in [0.15, 0.2) is 27.4 Å². The van der Waals surface area contributed by atoms with Gasteiger partial charge in [-0.3, -0.25) is 10.4 Å². The second kappa shape index (κ2) is 4.77. The van der Waals surface area contributed by atoms with Gasteiger partial charge >= 0.3 is 11.8 Å². The number of amides is 2. The van der Waals surface area contributed by atoms with Crippen molar-refractivity contribution in [2.45, 2.75) is 19.3 Å². The third-order valence-corrected chi connectivity index (χ3v) is 3.02. The van der Waals surface area contributed by atoms with Crippen molar-refractivity contribution in [1.29, 1.82) is 0 Å². The van der Waals surface area contributed by atoms with Crippen LogP contribution in [-0.4, -0.2) is 17.6 Å². The molecule has 0 fully saturated rings. The van der Waals surface area contributed by atoms with Gasteiger partial charge in [0.15, 0.2) is 5.58 Å². The maximum Gasteiger partial charge on any atom is 0.417 e. The number of hydrogen-bond acceptors (Lipinski definition) is 4. The summed E-state index contributed by atoms with van der Waals surface area (Å²) in [4.78, 5) is 24.8. The third kappa shape index (κ3) is 2.76. The number of H-pyrrole nitrogens is 1. The van der Waals surface area contributed by atoms with E-state index in [1.54, 1.807) is 12.1 Å². The summed E-state index contributed by atoms with van der Waals surface area (Å²) in [5.74, 6) is 4.52. The zero-order chi connectivity index (χ0) is 14.0. The molecule has 0 aliphatic carbocycles. The second-order valence-corrected chi connectivity index (χ2v) is 4.94. The number of aromatic amines is 1. The first kappa shape index (κ1) is 13.2. The Kier molecular flexibility index (Phi) is 3.30. The van der Waals surface area contributed by atoms with Crippen molar-refractivity contribution in [3.63, 3.8) is 0 Å². The first-order chi connectivity index (χ1) is 8.92. The van der Waals surface area contributed by atoms with Gasteiger partial charge in [-0.2, -0.15) is 0 Å². The molecular weight excluding hydrogens is 248 g/mol. The Bertz CT molecular complexity index is 656. The van der Waals surface area contributed by atoms with Crippen LogP contribution in [0, 0.1) is 0 Å². The highest BCUT2D eigenvalue weighted by Crippen LogP contribution is 2.25. The number of carbonyl (C=O) groups excluding carboxylic acids is 1. The molecule has 2 aromatic rings. The molecule has 1 aromatic carbocycles. The zero-order valence-corrected chi connectivity index (χ0v) is 10.7. The number of hydrogen-bond donors (Lipinski definition) is 4. The Morgan fingerprint density at radius 1 is 1.47 bits per heavy atom. The van der Waals surface area contributed by atoms with Crippen LogP contribution in [0.25, 0.3) is 11.1 Å². The molecule has 0 saturated carbocycles. The molecule has 1 aromatic heterocycles. The molecule has 2 rings (SSSR count). The Balaban J connectivity index is 2.26. The van der Waals surface area contributed by atoms with Crippen molar-refractivity contribution in [3.8, 4) is 0 Å². The van der Waals surface area contributed by atoms with E-state index in [1.807, 2.05) is 25.3 Å². The third-order valence-electron chi connectivity index (χ3n) is 3.02. The SMILES string of the molecule is CC(C)(CNC(=O)NN)c1ccc2[nH]c(=O)oc2c1. The van der Waals surface area contributed by atoms with Crippen LogP contribution >= 0.6 is 0 Å². The number of benzene rings is 1. The van der Waals surface area contributed by atoms with Crippen molar-refractivity contribution < 1.29 is 9.21 Å². The second-order valence-electron chi connectivity index (χ2n) is 4.94. The molecule has 7 nitrogen and oxygen atoms in total. The van der Waals surface area contributed by atoms with Crippen LogP contribution in [0.3, 0.4) is 0 Å². The van der Waals surface area contributed by atoms with E-state index in [4.69, 9.17) is 10.3 Å². The van der Waals surface area contributed by atoms with Crippen molar-refractivity contribution in [2.24, 2.45) is 5.84 Å². The lowest BCUT2D eigenvalue weighted by atomic mass is 9.84. The molecule has 1 heterocycles. The van der Waals surface area contributed by atoms with Gasteiger partial charge in [0.25, 0.3) is 0 Å². The maximum absolute atomic E-state index is 11.1. The fourth-order valence-electron chi connectivity index (χ4n) is 1.82. The number of nitrogens with one attached hydrogen (secondary N) is 3. The summed E-state index contributed by atoms with van der Waals surface area (Å²) in [6, 6.07) is 5.01. The Morgan fingerprint density at radius 3 is 2.89 bits per heavy atom. The Labute approximate surface area is 109 Å². The fourth-order valence-corrected chi connectivity index (χ4v) is 1.82. The Hall–Kier alpha value is -2.28. The lowest BCUT2D eigenvalue weighted by molar-refractivity contribution is 0.238. The van der Waals surface area contributed by atoms with Crippen molar-refractivity contribution in [1.82, 2.24) is 15.7 Å². The lowest BCUT2D eigenvalue weighted by Gasteiger charge is -2.25. The first-order valence-corrected chi connectivity index (χ1v) is 5.80. The molecule has 7 heteroatoms. The standard InChI is InChI=1S/C12H16N4O3/c1-12(2,6-14-10(17)16-13)7-3-4-8-9(5-7)19-11(18)15-8/h3-5H,6,13H2,1-2H3,(H,15,18)(H2,14,16,17). The van der Waals surface area contributed by atoms with E-state index in [0.29, 0.717) is 17.6 Å². The largest absolute Gasteiger partial charge is 0.417 e. The minimum absolute atomic E-state index is 0.323. The number of urea groups is 1. The van der Waals surface area contributed by atoms with Gasteiger partial charge in [-0.15, -0.1) is 0 Å². The molecule has 0 unspecified atom stereocenters. The molecule has 0 aliphatic heterocycles. The molecule has 0 atom stereocenters. The summed E-state index contributed by atoms with van der Waals surface area (Å²) < 4.78 is 5.02. The molecule has 0 bridgehead atoms. The van der Waals surface area contributed by atoms with Crippen molar-refractivity contribution >= 4 is 17.1 Å². The van der Waals surface area contributed by atoms with Crippen LogP contribution in [0.5, 0.6) is 0 Å². The summed E-state index contributed by atoms with van der Waals surface area (Å²) in [6.07, 6.45) is 0. The highest BCUT2D eigenvalue weighted by atomic mass is 16.4. The molecule has 0 spiro atoms. The number of hydrazine groups is 1. The number of nitrogens with two attached hydrogens (primary N) is 1. The summed E-state index contributed by atoms with van der Waals surface area (Å²) >= 11 is 0. The van der Waals surface area contributed by atoms with E-state index in [9.17, 15) is 9.59 Å². The number of carbonyl (C=O) groups is 1. The number of oxazole rings is 1. The molecule has 2 amide bonds. The van der Waals surface area contributed by atoms with E-state index in [-0.39, 0.29) is 5.41 Å². The first-order valence-electron chi connectivity index (χ1n) is 5.80. The fraction of sp³-hybridized carbons (Fsp3) is 0.333. The normalized spacial score (nSPS) is 11.5. The smallest absolute Gasteiger partial charge is 0.408 e. The maximum atomic E-state index is 11.1. The van der Waals surface area contributed by atoms with Crippen LogP contribution in [0.4, 0.5) is 4.79 Å². The van der Waals surface area contributed by atoms with Gasteiger partial charge in [0.05, 0.1) is 5.52 Å². The van der Waals surface area contributed by atoms with Gasteiger partial charge in [-0.1, -0.05) is 19.9 Å². The Morgan fingerprint density at radius 2 is 2.21 bits per heavy atom. The van der Waals surface area contributed by atoms with E-state index in [0.717, 1.165) is 5.56 Å². The number of rotatable bonds is 3. The van der Waals surface area contributed by atoms with Crippen molar-refractivity contribution in [3.05, 3.63) is 34.3 Å². The lowest BCUT2D eigenvalue weighted by Crippen LogP contribution is -2.44. The van der Waals surface area contributed by atoms with Gasteiger partial charge in [-0.25, -0.2) is 15.4 Å². The average Bonchev–Trinajstić information content (AvgIpc) is 2.74. The van der Waals surface area contributed by atoms with Gasteiger partial charge in [0.2, 0.25) is 0 Å². The van der Waals surface area contributed by atoms with Crippen LogP contribution in [0.1, 0.15) is 19.4 Å². The van der Waals surface area contributed by atoms with E-state index in [1.165, 1.54) is 0 Å². The topological polar surface area (TPSA) is 113 Å². The molecule has 0 saturated heterocycles. The summed E-state index contributed by atoms with van der Waals surface area (Å²) in [7, 11) is 0. The number of fused-ring (bicyclic) bond motifs is 1. The molecule has 5 N–H and O–H groups in total. The minimum atomic E-state index is -0.481. The molecule has 0 radical (unpaired) electrons. The zero-order valence-electron chi connectivity index (χ0n) is 10.7. The monoisotopic (exact) mass is 264 g/mol. The summed E-state index contributed by atoms with van der Waals surface area (Å²) in [5.41, 5.74) is 3.78. The van der Waals surface area contributed by atoms with Gasteiger partial charge in [0.1, 0.15) is 0 Å². The molecule has 102 valence electrons.